The highest BCUT2D eigenvalue weighted by atomic mass is 16.3. The topological polar surface area (TPSA) is 161 Å². The van der Waals surface area contributed by atoms with E-state index in [1.807, 2.05) is 13.0 Å². The highest BCUT2D eigenvalue weighted by molar-refractivity contribution is 6.24. The van der Waals surface area contributed by atoms with Crippen molar-refractivity contribution >= 4 is 23.2 Å². The monoisotopic (exact) mass is 510 g/mol. The summed E-state index contributed by atoms with van der Waals surface area (Å²) in [5, 5.41) is 45.2. The van der Waals surface area contributed by atoms with Crippen LogP contribution in [0.25, 0.3) is 5.76 Å². The molecule has 9 nitrogen and oxygen atoms in total. The molecule has 1 amide bonds. The minimum atomic E-state index is -2.63. The molecule has 9 heteroatoms. The molecule has 0 spiro atoms. The number of unbranched alkanes of at least 4 members (excludes halogenated alkanes) is 1. The maximum absolute atomic E-state index is 13.9. The second kappa shape index (κ2) is 9.46. The highest BCUT2D eigenvalue weighted by Gasteiger charge is 2.64. The van der Waals surface area contributed by atoms with Crippen molar-refractivity contribution in [2.24, 2.45) is 17.6 Å². The van der Waals surface area contributed by atoms with Crippen LogP contribution in [0.2, 0.25) is 0 Å². The molecule has 0 bridgehead atoms. The number of hydrogen-bond acceptors (Lipinski definition) is 8. The van der Waals surface area contributed by atoms with E-state index in [0.29, 0.717) is 24.8 Å². The summed E-state index contributed by atoms with van der Waals surface area (Å²) in [7, 11) is 3.16. The number of nitrogens with two attached hydrogens (primary N) is 1. The third-order valence-corrected chi connectivity index (χ3v) is 8.13. The number of amides is 1. The largest absolute Gasteiger partial charge is 0.508 e. The number of carbonyl (C=O) groups is 3. The molecule has 0 radical (unpaired) electrons. The van der Waals surface area contributed by atoms with Crippen LogP contribution in [0.5, 0.6) is 5.75 Å². The first-order valence-corrected chi connectivity index (χ1v) is 12.5. The lowest BCUT2D eigenvalue weighted by Gasteiger charge is -2.50. The zero-order chi connectivity index (χ0) is 27.4. The van der Waals surface area contributed by atoms with E-state index in [2.05, 4.69) is 6.58 Å². The summed E-state index contributed by atoms with van der Waals surface area (Å²) in [6.07, 6.45) is 4.84. The second-order valence-corrected chi connectivity index (χ2v) is 10.4. The zero-order valence-electron chi connectivity index (χ0n) is 21.4. The van der Waals surface area contributed by atoms with Gasteiger partial charge in [-0.15, -0.1) is 6.58 Å². The van der Waals surface area contributed by atoms with Crippen molar-refractivity contribution in [3.8, 4) is 5.75 Å². The number of ketones is 2. The van der Waals surface area contributed by atoms with Gasteiger partial charge in [-0.1, -0.05) is 19.1 Å². The van der Waals surface area contributed by atoms with Crippen LogP contribution in [0, 0.1) is 11.8 Å². The summed E-state index contributed by atoms with van der Waals surface area (Å²) in [6.45, 7) is 5.69. The number of benzene rings is 1. The molecule has 0 aliphatic heterocycles. The first-order valence-electron chi connectivity index (χ1n) is 12.5. The van der Waals surface area contributed by atoms with Gasteiger partial charge in [0, 0.05) is 11.5 Å². The predicted molar refractivity (Wildman–Crippen MR) is 137 cm³/mol. The molecule has 37 heavy (non-hydrogen) atoms. The molecule has 1 saturated carbocycles. The number of aryl methyl sites for hydroxylation is 2. The minimum Gasteiger partial charge on any atom is -0.508 e. The summed E-state index contributed by atoms with van der Waals surface area (Å²) in [4.78, 5) is 40.6. The maximum atomic E-state index is 13.9. The fourth-order valence-electron chi connectivity index (χ4n) is 6.39. The van der Waals surface area contributed by atoms with E-state index >= 15 is 0 Å². The molecule has 1 aromatic carbocycles. The van der Waals surface area contributed by atoms with Gasteiger partial charge in [0.15, 0.2) is 11.4 Å². The number of phenolic OH excluding ortho intramolecular Hbond substituents is 1. The summed E-state index contributed by atoms with van der Waals surface area (Å²) >= 11 is 0. The van der Waals surface area contributed by atoms with Gasteiger partial charge in [0.05, 0.1) is 11.6 Å². The molecule has 0 heterocycles. The van der Waals surface area contributed by atoms with Crippen LogP contribution >= 0.6 is 0 Å². The van der Waals surface area contributed by atoms with Crippen molar-refractivity contribution in [1.82, 2.24) is 4.90 Å². The van der Waals surface area contributed by atoms with Gasteiger partial charge in [-0.05, 0) is 75.2 Å². The lowest BCUT2D eigenvalue weighted by molar-refractivity contribution is -0.153. The average Bonchev–Trinajstić information content (AvgIpc) is 2.82. The molecule has 1 aromatic rings. The number of aromatic hydroxyl groups is 1. The normalized spacial score (nSPS) is 27.2. The smallest absolute Gasteiger partial charge is 0.255 e. The molecule has 1 fully saturated rings. The van der Waals surface area contributed by atoms with Crippen molar-refractivity contribution < 1.29 is 34.8 Å². The molecular formula is C28H34N2O7. The Morgan fingerprint density at radius 3 is 2.49 bits per heavy atom. The summed E-state index contributed by atoms with van der Waals surface area (Å²) < 4.78 is 0. The van der Waals surface area contributed by atoms with Crippen molar-refractivity contribution in [2.45, 2.75) is 57.1 Å². The molecule has 3 aliphatic rings. The van der Waals surface area contributed by atoms with Crippen LogP contribution in [-0.2, 0) is 33.6 Å². The predicted octanol–water partition coefficient (Wildman–Crippen LogP) is 2.04. The Morgan fingerprint density at radius 2 is 1.92 bits per heavy atom. The average molecular weight is 511 g/mol. The second-order valence-electron chi connectivity index (χ2n) is 10.4. The molecule has 3 aliphatic carbocycles. The number of phenols is 1. The Morgan fingerprint density at radius 1 is 1.24 bits per heavy atom. The number of nitrogens with zero attached hydrogens (tertiary/aromatic N) is 1. The number of allylic oxidation sites excluding steroid dienone is 1. The highest BCUT2D eigenvalue weighted by Crippen LogP contribution is 2.53. The quantitative estimate of drug-likeness (QED) is 0.211. The number of aliphatic hydroxyl groups excluding tert-OH is 2. The van der Waals surface area contributed by atoms with Gasteiger partial charge in [-0.2, -0.15) is 0 Å². The SMILES string of the molecule is C=CCCCc1cc(CC)c2c(c1O)C(O)=C1C(=O)[C@]3(O)C(O)=C(C(N)=O)C(=O)C(N(C)C)[C@@H]3C[C@@H]1C2. The van der Waals surface area contributed by atoms with Gasteiger partial charge in [0.1, 0.15) is 22.8 Å². The van der Waals surface area contributed by atoms with E-state index in [1.165, 1.54) is 4.90 Å². The van der Waals surface area contributed by atoms with E-state index in [1.54, 1.807) is 20.2 Å². The summed E-state index contributed by atoms with van der Waals surface area (Å²) in [5.41, 5.74) is 4.23. The number of likely N-dealkylation sites (N-methyl/N-ethyl adjacent to an activating group) is 1. The van der Waals surface area contributed by atoms with E-state index < -0.39 is 58.0 Å². The fourth-order valence-corrected chi connectivity index (χ4v) is 6.39. The van der Waals surface area contributed by atoms with E-state index in [0.717, 1.165) is 24.0 Å². The minimum absolute atomic E-state index is 0.0801. The number of carbonyl (C=O) groups excluding carboxylic acids is 3. The molecule has 1 unspecified atom stereocenters. The molecule has 4 atom stereocenters. The lowest BCUT2D eigenvalue weighted by atomic mass is 9.57. The zero-order valence-corrected chi connectivity index (χ0v) is 21.4. The van der Waals surface area contributed by atoms with E-state index in [9.17, 15) is 34.8 Å². The molecule has 6 N–H and O–H groups in total. The standard InChI is InChI=1S/C28H34N2O7/c1-5-7-8-9-14-10-13(6-2)16-11-15-12-17-21(30(3)4)24(33)20(27(29)36)26(35)28(17,37)25(34)18(15)23(32)19(16)22(14)31/h5,10,15,17,21,31-32,35,37H,1,6-9,11-12H2,2-4H3,(H2,29,36)/t15-,17-,21?,28-/m0/s1. The number of Topliss-reactive ketones (excluding diaryl/α,β-unsaturated/α-hetero) is 2. The number of primary amides is 1. The van der Waals surface area contributed by atoms with Crippen molar-refractivity contribution in [3.05, 3.63) is 57.9 Å². The van der Waals surface area contributed by atoms with Crippen molar-refractivity contribution in [1.29, 1.82) is 0 Å². The lowest BCUT2D eigenvalue weighted by Crippen LogP contribution is -2.65. The van der Waals surface area contributed by atoms with Crippen molar-refractivity contribution in [3.63, 3.8) is 0 Å². The fraction of sp³-hybridized carbons (Fsp3) is 0.464. The van der Waals surface area contributed by atoms with E-state index in [4.69, 9.17) is 5.73 Å². The van der Waals surface area contributed by atoms with Gasteiger partial charge in [0.2, 0.25) is 5.78 Å². The summed E-state index contributed by atoms with van der Waals surface area (Å²) in [5.74, 6) is -6.32. The number of fused-ring (bicyclic) bond motifs is 3. The van der Waals surface area contributed by atoms with Gasteiger partial charge in [-0.25, -0.2) is 0 Å². The first kappa shape index (κ1) is 26.6. The molecular weight excluding hydrogens is 476 g/mol. The van der Waals surface area contributed by atoms with Crippen LogP contribution in [0.3, 0.4) is 0 Å². The third kappa shape index (κ3) is 3.79. The molecule has 198 valence electrons. The number of aliphatic hydroxyl groups is 3. The van der Waals surface area contributed by atoms with Gasteiger partial charge in [-0.3, -0.25) is 19.3 Å². The van der Waals surface area contributed by atoms with E-state index in [-0.39, 0.29) is 23.3 Å². The Bertz CT molecular complexity index is 1280. The number of hydrogen-bond donors (Lipinski definition) is 5. The van der Waals surface area contributed by atoms with Crippen LogP contribution in [-0.4, -0.2) is 68.5 Å². The van der Waals surface area contributed by atoms with Gasteiger partial charge in [0.25, 0.3) is 5.91 Å². The Hall–Kier alpha value is -3.43. The number of rotatable bonds is 7. The van der Waals surface area contributed by atoms with Gasteiger partial charge >= 0.3 is 0 Å². The Labute approximate surface area is 215 Å². The Balaban J connectivity index is 1.94. The van der Waals surface area contributed by atoms with Crippen molar-refractivity contribution in [2.75, 3.05) is 14.1 Å². The van der Waals surface area contributed by atoms with Crippen LogP contribution in [0.15, 0.2) is 35.6 Å². The van der Waals surface area contributed by atoms with Crippen LogP contribution < -0.4 is 5.73 Å². The Kier molecular flexibility index (Phi) is 6.81. The molecule has 4 rings (SSSR count). The first-order chi connectivity index (χ1) is 17.4. The molecule has 0 aromatic heterocycles. The molecule has 0 saturated heterocycles. The maximum Gasteiger partial charge on any atom is 0.255 e. The summed E-state index contributed by atoms with van der Waals surface area (Å²) in [6, 6.07) is 0.834. The van der Waals surface area contributed by atoms with Crippen LogP contribution in [0.4, 0.5) is 0 Å². The van der Waals surface area contributed by atoms with Gasteiger partial charge < -0.3 is 26.2 Å². The third-order valence-electron chi connectivity index (χ3n) is 8.13. The van der Waals surface area contributed by atoms with Crippen LogP contribution in [0.1, 0.15) is 48.4 Å².